The molecule has 2 rings (SSSR count). The monoisotopic (exact) mass is 322 g/mol. The number of benzene rings is 2. The minimum absolute atomic E-state index is 0.0272. The average molecular weight is 323 g/mol. The molecule has 0 saturated carbocycles. The summed E-state index contributed by atoms with van der Waals surface area (Å²) >= 11 is 12.2. The van der Waals surface area contributed by atoms with Crippen molar-refractivity contribution in [2.45, 2.75) is 32.2 Å². The number of nitrogens with one attached hydrogen (secondary N) is 1. The van der Waals surface area contributed by atoms with E-state index in [-0.39, 0.29) is 6.04 Å². The van der Waals surface area contributed by atoms with Gasteiger partial charge in [-0.25, -0.2) is 0 Å². The van der Waals surface area contributed by atoms with E-state index >= 15 is 0 Å². The van der Waals surface area contributed by atoms with Crippen LogP contribution >= 0.6 is 23.2 Å². The smallest absolute Gasteiger partial charge is 0.0500 e. The third-order valence-corrected chi connectivity index (χ3v) is 4.15. The molecular weight excluding hydrogens is 303 g/mol. The summed E-state index contributed by atoms with van der Waals surface area (Å²) < 4.78 is 0. The molecule has 1 unspecified atom stereocenters. The number of hydrazine groups is 1. The van der Waals surface area contributed by atoms with Crippen LogP contribution in [0.15, 0.2) is 42.5 Å². The third-order valence-electron chi connectivity index (χ3n) is 3.56. The van der Waals surface area contributed by atoms with Crippen molar-refractivity contribution in [3.8, 4) is 0 Å². The lowest BCUT2D eigenvalue weighted by atomic mass is 9.97. The van der Waals surface area contributed by atoms with E-state index in [1.54, 1.807) is 6.07 Å². The van der Waals surface area contributed by atoms with Crippen molar-refractivity contribution in [3.63, 3.8) is 0 Å². The van der Waals surface area contributed by atoms with E-state index in [1.807, 2.05) is 12.1 Å². The van der Waals surface area contributed by atoms with Crippen LogP contribution in [0.1, 0.15) is 36.1 Å². The van der Waals surface area contributed by atoms with Crippen LogP contribution in [-0.2, 0) is 12.8 Å². The largest absolute Gasteiger partial charge is 0.271 e. The van der Waals surface area contributed by atoms with Gasteiger partial charge in [-0.15, -0.1) is 0 Å². The maximum absolute atomic E-state index is 6.23. The van der Waals surface area contributed by atoms with Gasteiger partial charge in [-0.1, -0.05) is 66.9 Å². The zero-order valence-corrected chi connectivity index (χ0v) is 13.6. The molecule has 4 heteroatoms. The molecule has 2 aromatic rings. The van der Waals surface area contributed by atoms with E-state index in [9.17, 15) is 0 Å². The number of halogens is 2. The molecule has 2 aromatic carbocycles. The van der Waals surface area contributed by atoms with Gasteiger partial charge in [-0.3, -0.25) is 11.3 Å². The number of nitrogens with two attached hydrogens (primary N) is 1. The lowest BCUT2D eigenvalue weighted by Crippen LogP contribution is -2.29. The Bertz CT molecular complexity index is 582. The molecule has 0 aliphatic heterocycles. The molecule has 0 bridgehead atoms. The van der Waals surface area contributed by atoms with E-state index in [2.05, 4.69) is 36.6 Å². The molecule has 0 aliphatic carbocycles. The van der Waals surface area contributed by atoms with Crippen LogP contribution in [0.5, 0.6) is 0 Å². The fourth-order valence-electron chi connectivity index (χ4n) is 2.39. The second-order valence-corrected chi connectivity index (χ2v) is 5.99. The van der Waals surface area contributed by atoms with Gasteiger partial charge in [-0.2, -0.15) is 0 Å². The fourth-order valence-corrected chi connectivity index (χ4v) is 2.87. The summed E-state index contributed by atoms with van der Waals surface area (Å²) in [5.41, 5.74) is 6.40. The first-order valence-electron chi connectivity index (χ1n) is 7.13. The Labute approximate surface area is 136 Å². The molecule has 0 aromatic heterocycles. The first kappa shape index (κ1) is 16.3. The standard InChI is InChI=1S/C17H20Cl2N2/c1-2-3-12-4-6-13(7-5-12)17(21-20)10-14-8-9-15(18)11-16(14)19/h4-9,11,17,21H,2-3,10,20H2,1H3. The molecule has 0 heterocycles. The predicted octanol–water partition coefficient (Wildman–Crippen LogP) is 4.69. The van der Waals surface area contributed by atoms with Crippen molar-refractivity contribution in [1.29, 1.82) is 0 Å². The Hall–Kier alpha value is -1.06. The third kappa shape index (κ3) is 4.45. The van der Waals surface area contributed by atoms with Crippen molar-refractivity contribution in [1.82, 2.24) is 5.43 Å². The summed E-state index contributed by atoms with van der Waals surface area (Å²) in [6.07, 6.45) is 2.97. The van der Waals surface area contributed by atoms with Crippen LogP contribution < -0.4 is 11.3 Å². The molecule has 21 heavy (non-hydrogen) atoms. The minimum Gasteiger partial charge on any atom is -0.271 e. The van der Waals surface area contributed by atoms with Crippen LogP contribution in [0.25, 0.3) is 0 Å². The van der Waals surface area contributed by atoms with Gasteiger partial charge >= 0.3 is 0 Å². The molecule has 0 amide bonds. The van der Waals surface area contributed by atoms with Crippen molar-refractivity contribution < 1.29 is 0 Å². The second-order valence-electron chi connectivity index (χ2n) is 5.15. The summed E-state index contributed by atoms with van der Waals surface area (Å²) in [6.45, 7) is 2.18. The molecule has 1 atom stereocenters. The van der Waals surface area contributed by atoms with Gasteiger partial charge in [0, 0.05) is 10.0 Å². The molecule has 2 nitrogen and oxygen atoms in total. The van der Waals surface area contributed by atoms with Crippen LogP contribution in [0.2, 0.25) is 10.0 Å². The number of aryl methyl sites for hydroxylation is 1. The number of rotatable bonds is 6. The Morgan fingerprint density at radius 2 is 1.81 bits per heavy atom. The minimum atomic E-state index is 0.0272. The fraction of sp³-hybridized carbons (Fsp3) is 0.294. The van der Waals surface area contributed by atoms with Gasteiger partial charge in [0.2, 0.25) is 0 Å². The molecule has 0 saturated heterocycles. The van der Waals surface area contributed by atoms with E-state index in [1.165, 1.54) is 5.56 Å². The summed E-state index contributed by atoms with van der Waals surface area (Å²) in [5, 5.41) is 1.32. The highest BCUT2D eigenvalue weighted by Crippen LogP contribution is 2.26. The Morgan fingerprint density at radius 1 is 1.10 bits per heavy atom. The Morgan fingerprint density at radius 3 is 2.38 bits per heavy atom. The molecule has 0 fully saturated rings. The molecule has 112 valence electrons. The van der Waals surface area contributed by atoms with Gasteiger partial charge in [-0.05, 0) is 41.7 Å². The van der Waals surface area contributed by atoms with Gasteiger partial charge in [0.15, 0.2) is 0 Å². The summed E-state index contributed by atoms with van der Waals surface area (Å²) in [5.74, 6) is 5.71. The number of hydrogen-bond donors (Lipinski definition) is 2. The van der Waals surface area contributed by atoms with Crippen LogP contribution in [0.4, 0.5) is 0 Å². The van der Waals surface area contributed by atoms with Crippen molar-refractivity contribution >= 4 is 23.2 Å². The summed E-state index contributed by atoms with van der Waals surface area (Å²) in [4.78, 5) is 0. The normalized spacial score (nSPS) is 12.4. The maximum Gasteiger partial charge on any atom is 0.0500 e. The molecule has 0 aliphatic rings. The zero-order chi connectivity index (χ0) is 15.2. The summed E-state index contributed by atoms with van der Waals surface area (Å²) in [6, 6.07) is 14.1. The van der Waals surface area contributed by atoms with Gasteiger partial charge in [0.25, 0.3) is 0 Å². The Balaban J connectivity index is 2.15. The van der Waals surface area contributed by atoms with Crippen LogP contribution in [0, 0.1) is 0 Å². The van der Waals surface area contributed by atoms with E-state index in [0.29, 0.717) is 10.0 Å². The highest BCUT2D eigenvalue weighted by molar-refractivity contribution is 6.35. The van der Waals surface area contributed by atoms with E-state index in [0.717, 1.165) is 30.4 Å². The Kier molecular flexibility index (Phi) is 6.07. The summed E-state index contributed by atoms with van der Waals surface area (Å²) in [7, 11) is 0. The van der Waals surface area contributed by atoms with Gasteiger partial charge < -0.3 is 0 Å². The SMILES string of the molecule is CCCc1ccc(C(Cc2ccc(Cl)cc2Cl)NN)cc1. The number of hydrogen-bond acceptors (Lipinski definition) is 2. The first-order valence-corrected chi connectivity index (χ1v) is 7.88. The lowest BCUT2D eigenvalue weighted by Gasteiger charge is -2.18. The molecular formula is C17H20Cl2N2. The average Bonchev–Trinajstić information content (AvgIpc) is 2.48. The second kappa shape index (κ2) is 7.81. The molecule has 0 radical (unpaired) electrons. The van der Waals surface area contributed by atoms with Gasteiger partial charge in [0.1, 0.15) is 0 Å². The van der Waals surface area contributed by atoms with E-state index in [4.69, 9.17) is 29.0 Å². The van der Waals surface area contributed by atoms with Crippen LogP contribution in [-0.4, -0.2) is 0 Å². The van der Waals surface area contributed by atoms with Crippen molar-refractivity contribution in [2.24, 2.45) is 5.84 Å². The van der Waals surface area contributed by atoms with Crippen molar-refractivity contribution in [3.05, 3.63) is 69.2 Å². The first-order chi connectivity index (χ1) is 10.1. The van der Waals surface area contributed by atoms with Crippen LogP contribution in [0.3, 0.4) is 0 Å². The maximum atomic E-state index is 6.23. The van der Waals surface area contributed by atoms with Gasteiger partial charge in [0.05, 0.1) is 6.04 Å². The van der Waals surface area contributed by atoms with E-state index < -0.39 is 0 Å². The highest BCUT2D eigenvalue weighted by atomic mass is 35.5. The highest BCUT2D eigenvalue weighted by Gasteiger charge is 2.13. The molecule has 3 N–H and O–H groups in total. The van der Waals surface area contributed by atoms with Crippen molar-refractivity contribution in [2.75, 3.05) is 0 Å². The topological polar surface area (TPSA) is 38.0 Å². The zero-order valence-electron chi connectivity index (χ0n) is 12.1. The quantitative estimate of drug-likeness (QED) is 0.598. The lowest BCUT2D eigenvalue weighted by molar-refractivity contribution is 0.552. The molecule has 0 spiro atoms. The predicted molar refractivity (Wildman–Crippen MR) is 90.7 cm³/mol.